The Labute approximate surface area is 115 Å². The average molecular weight is 254 g/mol. The molecule has 2 aromatic rings. The molecule has 0 aliphatic rings. The van der Waals surface area contributed by atoms with Crippen LogP contribution in [0, 0.1) is 27.7 Å². The molecule has 1 aromatic carbocycles. The van der Waals surface area contributed by atoms with E-state index in [0.29, 0.717) is 0 Å². The van der Waals surface area contributed by atoms with Gasteiger partial charge >= 0.3 is 0 Å². The first-order chi connectivity index (χ1) is 8.95. The van der Waals surface area contributed by atoms with Crippen molar-refractivity contribution in [3.8, 4) is 0 Å². The molecule has 0 saturated heterocycles. The third kappa shape index (κ3) is 3.42. The van der Waals surface area contributed by atoms with Gasteiger partial charge in [0.15, 0.2) is 0 Å². The van der Waals surface area contributed by atoms with E-state index < -0.39 is 0 Å². The molecule has 100 valence electrons. The van der Waals surface area contributed by atoms with Gasteiger partial charge in [-0.15, -0.1) is 0 Å². The molecule has 2 N–H and O–H groups in total. The molecule has 19 heavy (non-hydrogen) atoms. The first-order valence-corrected chi connectivity index (χ1v) is 6.71. The van der Waals surface area contributed by atoms with Crippen molar-refractivity contribution in [2.24, 2.45) is 5.73 Å². The van der Waals surface area contributed by atoms with Gasteiger partial charge in [0.1, 0.15) is 0 Å². The Balaban J connectivity index is 2.22. The summed E-state index contributed by atoms with van der Waals surface area (Å²) in [5.74, 6) is 0. The van der Waals surface area contributed by atoms with Crippen LogP contribution in [0.25, 0.3) is 0 Å². The van der Waals surface area contributed by atoms with E-state index >= 15 is 0 Å². The average Bonchev–Trinajstić information content (AvgIpc) is 2.26. The van der Waals surface area contributed by atoms with Gasteiger partial charge in [-0.3, -0.25) is 4.98 Å². The van der Waals surface area contributed by atoms with E-state index in [1.165, 1.54) is 27.8 Å². The van der Waals surface area contributed by atoms with Crippen LogP contribution >= 0.6 is 0 Å². The second-order valence-electron chi connectivity index (χ2n) is 5.52. The number of nitrogens with zero attached hydrogens (tertiary/aromatic N) is 1. The predicted octanol–water partition coefficient (Wildman–Crippen LogP) is 3.56. The minimum Gasteiger partial charge on any atom is -0.322 e. The molecule has 0 spiro atoms. The molecule has 1 aromatic heterocycles. The normalized spacial score (nSPS) is 12.5. The molecule has 2 heteroatoms. The van der Waals surface area contributed by atoms with Gasteiger partial charge in [0.25, 0.3) is 0 Å². The van der Waals surface area contributed by atoms with Crippen molar-refractivity contribution in [3.05, 3.63) is 64.0 Å². The maximum Gasteiger partial charge on any atom is 0.0603 e. The summed E-state index contributed by atoms with van der Waals surface area (Å²) in [6, 6.07) is 8.70. The molecular formula is C17H22N2. The zero-order valence-electron chi connectivity index (χ0n) is 12.2. The Bertz CT molecular complexity index is 568. The lowest BCUT2D eigenvalue weighted by molar-refractivity contribution is 0.689. The lowest BCUT2D eigenvalue weighted by Crippen LogP contribution is -2.16. The summed E-state index contributed by atoms with van der Waals surface area (Å²) in [4.78, 5) is 4.49. The van der Waals surface area contributed by atoms with Crippen LogP contribution in [-0.4, -0.2) is 4.98 Å². The molecule has 0 fully saturated rings. The predicted molar refractivity (Wildman–Crippen MR) is 80.3 cm³/mol. The highest BCUT2D eigenvalue weighted by atomic mass is 14.8. The van der Waals surface area contributed by atoms with Gasteiger partial charge in [-0.1, -0.05) is 35.4 Å². The van der Waals surface area contributed by atoms with Crippen LogP contribution in [0.1, 0.15) is 39.6 Å². The first kappa shape index (κ1) is 13.8. The van der Waals surface area contributed by atoms with Crippen molar-refractivity contribution in [2.45, 2.75) is 40.2 Å². The van der Waals surface area contributed by atoms with Crippen molar-refractivity contribution < 1.29 is 0 Å². The van der Waals surface area contributed by atoms with E-state index in [0.717, 1.165) is 12.1 Å². The zero-order valence-corrected chi connectivity index (χ0v) is 12.2. The Morgan fingerprint density at radius 3 is 2.16 bits per heavy atom. The van der Waals surface area contributed by atoms with Crippen LogP contribution in [0.5, 0.6) is 0 Å². The van der Waals surface area contributed by atoms with Crippen LogP contribution in [0.15, 0.2) is 30.5 Å². The molecule has 0 saturated carbocycles. The topological polar surface area (TPSA) is 38.9 Å². The van der Waals surface area contributed by atoms with Gasteiger partial charge in [-0.05, 0) is 50.8 Å². The highest BCUT2D eigenvalue weighted by molar-refractivity contribution is 5.31. The van der Waals surface area contributed by atoms with E-state index in [9.17, 15) is 0 Å². The molecular weight excluding hydrogens is 232 g/mol. The number of hydrogen-bond donors (Lipinski definition) is 1. The highest BCUT2D eigenvalue weighted by Gasteiger charge is 2.12. The van der Waals surface area contributed by atoms with Gasteiger partial charge < -0.3 is 5.73 Å². The lowest BCUT2D eigenvalue weighted by Gasteiger charge is -2.15. The molecule has 0 radical (unpaired) electrons. The first-order valence-electron chi connectivity index (χ1n) is 6.71. The highest BCUT2D eigenvalue weighted by Crippen LogP contribution is 2.19. The molecule has 1 heterocycles. The Kier molecular flexibility index (Phi) is 4.01. The SMILES string of the molecule is Cc1cc(C)cc(CC(N)c2ncc(C)cc2C)c1. The summed E-state index contributed by atoms with van der Waals surface area (Å²) in [6.45, 7) is 8.38. The van der Waals surface area contributed by atoms with Crippen molar-refractivity contribution in [1.82, 2.24) is 4.98 Å². The minimum atomic E-state index is -0.0400. The number of rotatable bonds is 3. The second kappa shape index (κ2) is 5.54. The molecule has 1 atom stereocenters. The van der Waals surface area contributed by atoms with Gasteiger partial charge in [0.2, 0.25) is 0 Å². The maximum atomic E-state index is 6.32. The van der Waals surface area contributed by atoms with Crippen molar-refractivity contribution in [3.63, 3.8) is 0 Å². The summed E-state index contributed by atoms with van der Waals surface area (Å²) >= 11 is 0. The fraction of sp³-hybridized carbons (Fsp3) is 0.353. The fourth-order valence-electron chi connectivity index (χ4n) is 2.65. The smallest absolute Gasteiger partial charge is 0.0603 e. The van der Waals surface area contributed by atoms with E-state index in [1.807, 2.05) is 6.20 Å². The van der Waals surface area contributed by atoms with Crippen molar-refractivity contribution >= 4 is 0 Å². The van der Waals surface area contributed by atoms with Crippen LogP contribution in [0.3, 0.4) is 0 Å². The van der Waals surface area contributed by atoms with Gasteiger partial charge in [-0.2, -0.15) is 0 Å². The molecule has 1 unspecified atom stereocenters. The molecule has 0 amide bonds. The fourth-order valence-corrected chi connectivity index (χ4v) is 2.65. The largest absolute Gasteiger partial charge is 0.322 e. The third-order valence-electron chi connectivity index (χ3n) is 3.34. The van der Waals surface area contributed by atoms with E-state index in [1.54, 1.807) is 0 Å². The molecule has 2 rings (SSSR count). The number of pyridine rings is 1. The Hall–Kier alpha value is -1.67. The van der Waals surface area contributed by atoms with Gasteiger partial charge in [0, 0.05) is 6.20 Å². The van der Waals surface area contributed by atoms with Crippen LogP contribution < -0.4 is 5.73 Å². The number of nitrogens with two attached hydrogens (primary N) is 1. The standard InChI is InChI=1S/C17H22N2/c1-11-5-12(2)8-15(7-11)9-16(18)17-14(4)6-13(3)10-19-17/h5-8,10,16H,9,18H2,1-4H3. The Morgan fingerprint density at radius 1 is 0.947 bits per heavy atom. The van der Waals surface area contributed by atoms with E-state index in [2.05, 4.69) is 56.9 Å². The molecule has 0 aliphatic heterocycles. The van der Waals surface area contributed by atoms with E-state index in [4.69, 9.17) is 5.73 Å². The summed E-state index contributed by atoms with van der Waals surface area (Å²) < 4.78 is 0. The van der Waals surface area contributed by atoms with Crippen LogP contribution in [0.2, 0.25) is 0 Å². The second-order valence-corrected chi connectivity index (χ2v) is 5.52. The summed E-state index contributed by atoms with van der Waals surface area (Å²) in [5, 5.41) is 0. The summed E-state index contributed by atoms with van der Waals surface area (Å²) in [6.07, 6.45) is 2.73. The maximum absolute atomic E-state index is 6.32. The lowest BCUT2D eigenvalue weighted by atomic mass is 9.97. The molecule has 2 nitrogen and oxygen atoms in total. The Morgan fingerprint density at radius 2 is 1.58 bits per heavy atom. The van der Waals surface area contributed by atoms with Gasteiger partial charge in [0.05, 0.1) is 11.7 Å². The third-order valence-corrected chi connectivity index (χ3v) is 3.34. The summed E-state index contributed by atoms with van der Waals surface area (Å²) in [7, 11) is 0. The van der Waals surface area contributed by atoms with E-state index in [-0.39, 0.29) is 6.04 Å². The summed E-state index contributed by atoms with van der Waals surface area (Å²) in [5.41, 5.74) is 13.5. The number of hydrogen-bond acceptors (Lipinski definition) is 2. The number of benzene rings is 1. The molecule has 0 aliphatic carbocycles. The monoisotopic (exact) mass is 254 g/mol. The zero-order chi connectivity index (χ0) is 14.0. The minimum absolute atomic E-state index is 0.0400. The van der Waals surface area contributed by atoms with Crippen molar-refractivity contribution in [1.29, 1.82) is 0 Å². The quantitative estimate of drug-likeness (QED) is 0.909. The number of aromatic nitrogens is 1. The molecule has 0 bridgehead atoms. The van der Waals surface area contributed by atoms with Crippen LogP contribution in [-0.2, 0) is 6.42 Å². The van der Waals surface area contributed by atoms with Crippen LogP contribution in [0.4, 0.5) is 0 Å². The van der Waals surface area contributed by atoms with Gasteiger partial charge in [-0.25, -0.2) is 0 Å². The number of aryl methyl sites for hydroxylation is 4. The van der Waals surface area contributed by atoms with Crippen molar-refractivity contribution in [2.75, 3.05) is 0 Å².